The summed E-state index contributed by atoms with van der Waals surface area (Å²) in [4.78, 5) is 17.3. The van der Waals surface area contributed by atoms with Crippen molar-refractivity contribution in [1.29, 1.82) is 0 Å². The Labute approximate surface area is 229 Å². The SMILES string of the molecule is COC(=O)C1(S(=O)(=O)c2c(-c3ccc(Cl)cc3)noc2-c2ccc(C)cc2)C=NC=C1c1ccc(Cl)cc1. The van der Waals surface area contributed by atoms with Gasteiger partial charge in [0, 0.05) is 39.2 Å². The highest BCUT2D eigenvalue weighted by molar-refractivity contribution is 7.95. The van der Waals surface area contributed by atoms with Crippen LogP contribution in [-0.2, 0) is 19.4 Å². The van der Waals surface area contributed by atoms with Crippen molar-refractivity contribution in [2.24, 2.45) is 4.99 Å². The van der Waals surface area contributed by atoms with Crippen molar-refractivity contribution in [3.63, 3.8) is 0 Å². The van der Waals surface area contributed by atoms with Crippen LogP contribution in [0.25, 0.3) is 28.2 Å². The molecule has 7 nitrogen and oxygen atoms in total. The molecule has 38 heavy (non-hydrogen) atoms. The van der Waals surface area contributed by atoms with Crippen LogP contribution in [0.5, 0.6) is 0 Å². The van der Waals surface area contributed by atoms with E-state index in [0.717, 1.165) is 18.9 Å². The van der Waals surface area contributed by atoms with E-state index < -0.39 is 20.6 Å². The van der Waals surface area contributed by atoms with Gasteiger partial charge in [0.15, 0.2) is 5.76 Å². The summed E-state index contributed by atoms with van der Waals surface area (Å²) in [6, 6.07) is 20.0. The molecular weight excluding hydrogens is 547 g/mol. The topological polar surface area (TPSA) is 98.8 Å². The zero-order valence-electron chi connectivity index (χ0n) is 20.2. The Hall–Kier alpha value is -3.72. The van der Waals surface area contributed by atoms with E-state index in [4.69, 9.17) is 32.5 Å². The number of sulfone groups is 1. The van der Waals surface area contributed by atoms with E-state index in [9.17, 15) is 13.2 Å². The zero-order valence-corrected chi connectivity index (χ0v) is 22.5. The van der Waals surface area contributed by atoms with E-state index in [0.29, 0.717) is 26.7 Å². The number of aryl methyl sites for hydroxylation is 1. The van der Waals surface area contributed by atoms with Gasteiger partial charge >= 0.3 is 5.97 Å². The van der Waals surface area contributed by atoms with Gasteiger partial charge in [-0.05, 0) is 36.8 Å². The van der Waals surface area contributed by atoms with Crippen molar-refractivity contribution in [1.82, 2.24) is 5.16 Å². The van der Waals surface area contributed by atoms with E-state index in [1.165, 1.54) is 6.20 Å². The van der Waals surface area contributed by atoms with Crippen LogP contribution >= 0.6 is 23.2 Å². The highest BCUT2D eigenvalue weighted by Gasteiger charge is 2.59. The Balaban J connectivity index is 1.81. The summed E-state index contributed by atoms with van der Waals surface area (Å²) in [6.07, 6.45) is 2.41. The molecule has 5 rings (SSSR count). The monoisotopic (exact) mass is 566 g/mol. The second-order valence-corrected chi connectivity index (χ2v) is 11.6. The molecule has 3 aromatic carbocycles. The quantitative estimate of drug-likeness (QED) is 0.249. The lowest BCUT2D eigenvalue weighted by molar-refractivity contribution is -0.140. The van der Waals surface area contributed by atoms with E-state index >= 15 is 0 Å². The molecule has 0 aliphatic carbocycles. The number of carbonyl (C=O) groups is 1. The number of nitrogens with zero attached hydrogens (tertiary/aromatic N) is 2. The van der Waals surface area contributed by atoms with E-state index in [1.54, 1.807) is 60.7 Å². The van der Waals surface area contributed by atoms with Crippen LogP contribution in [0, 0.1) is 6.92 Å². The fourth-order valence-electron chi connectivity index (χ4n) is 4.31. The molecule has 0 bridgehead atoms. The number of methoxy groups -OCH3 is 1. The molecule has 0 amide bonds. The van der Waals surface area contributed by atoms with Crippen LogP contribution in [0.2, 0.25) is 10.0 Å². The molecule has 0 saturated carbocycles. The second kappa shape index (κ2) is 9.87. The molecule has 192 valence electrons. The Morgan fingerprint density at radius 3 is 2.00 bits per heavy atom. The van der Waals surface area contributed by atoms with Gasteiger partial charge in [-0.3, -0.25) is 4.99 Å². The number of ether oxygens (including phenoxy) is 1. The van der Waals surface area contributed by atoms with Crippen LogP contribution < -0.4 is 0 Å². The number of benzene rings is 3. The third kappa shape index (κ3) is 4.15. The summed E-state index contributed by atoms with van der Waals surface area (Å²) < 4.78 is 38.0. The highest BCUT2D eigenvalue weighted by Crippen LogP contribution is 2.46. The van der Waals surface area contributed by atoms with Gasteiger partial charge in [-0.15, -0.1) is 0 Å². The summed E-state index contributed by atoms with van der Waals surface area (Å²) in [6.45, 7) is 1.91. The third-order valence-corrected chi connectivity index (χ3v) is 9.04. The molecule has 1 aliphatic heterocycles. The number of esters is 1. The van der Waals surface area contributed by atoms with Crippen molar-refractivity contribution in [2.75, 3.05) is 7.11 Å². The summed E-state index contributed by atoms with van der Waals surface area (Å²) >= 11 is 12.1. The van der Waals surface area contributed by atoms with E-state index in [-0.39, 0.29) is 21.9 Å². The molecule has 10 heteroatoms. The number of carbonyl (C=O) groups excluding carboxylic acids is 1. The highest BCUT2D eigenvalue weighted by atomic mass is 35.5. The first-order chi connectivity index (χ1) is 18.2. The maximum atomic E-state index is 14.8. The fraction of sp³-hybridized carbons (Fsp3) is 0.107. The van der Waals surface area contributed by atoms with Crippen molar-refractivity contribution in [2.45, 2.75) is 16.6 Å². The van der Waals surface area contributed by atoms with Crippen molar-refractivity contribution in [3.05, 3.63) is 100 Å². The molecule has 1 aliphatic rings. The first kappa shape index (κ1) is 25.9. The molecular formula is C28H20Cl2N2O5S. The molecule has 0 N–H and O–H groups in total. The lowest BCUT2D eigenvalue weighted by Gasteiger charge is -2.27. The van der Waals surface area contributed by atoms with Crippen LogP contribution in [0.3, 0.4) is 0 Å². The van der Waals surface area contributed by atoms with Crippen LogP contribution in [0.4, 0.5) is 0 Å². The summed E-state index contributed by atoms with van der Waals surface area (Å²) in [5.41, 5.74) is 2.44. The van der Waals surface area contributed by atoms with E-state index in [2.05, 4.69) is 10.1 Å². The van der Waals surface area contributed by atoms with Gasteiger partial charge in [0.05, 0.1) is 7.11 Å². The summed E-state index contributed by atoms with van der Waals surface area (Å²) in [7, 11) is -3.54. The first-order valence-electron chi connectivity index (χ1n) is 11.4. The van der Waals surface area contributed by atoms with E-state index in [1.807, 2.05) is 19.1 Å². The van der Waals surface area contributed by atoms with Crippen molar-refractivity contribution in [3.8, 4) is 22.6 Å². The molecule has 0 spiro atoms. The Morgan fingerprint density at radius 1 is 0.868 bits per heavy atom. The van der Waals surface area contributed by atoms with Gasteiger partial charge < -0.3 is 9.26 Å². The molecule has 0 saturated heterocycles. The van der Waals surface area contributed by atoms with Crippen molar-refractivity contribution >= 4 is 50.8 Å². The summed E-state index contributed by atoms with van der Waals surface area (Å²) in [5, 5.41) is 5.06. The smallest absolute Gasteiger partial charge is 0.337 e. The standard InChI is InChI=1S/C28H20Cl2N2O5S/c1-17-3-5-20(6-4-17)25-26(24(32-37-25)19-9-13-22(30)14-10-19)38(34,35)28(27(33)36-2)16-31-15-23(28)18-7-11-21(29)12-8-18/h3-16H,1-2H3. The molecule has 2 heterocycles. The number of aromatic nitrogens is 1. The summed E-state index contributed by atoms with van der Waals surface area (Å²) in [5.74, 6) is -1.05. The average molecular weight is 567 g/mol. The Bertz CT molecular complexity index is 1630. The fourth-order valence-corrected chi connectivity index (χ4v) is 6.66. The normalized spacial score (nSPS) is 16.9. The third-order valence-electron chi connectivity index (χ3n) is 6.28. The number of rotatable bonds is 6. The maximum Gasteiger partial charge on any atom is 0.337 e. The first-order valence-corrected chi connectivity index (χ1v) is 13.6. The minimum absolute atomic E-state index is 0.0195. The minimum atomic E-state index is -4.67. The van der Waals surface area contributed by atoms with Crippen molar-refractivity contribution < 1.29 is 22.5 Å². The number of hydrogen-bond donors (Lipinski definition) is 0. The number of halogens is 2. The largest absolute Gasteiger partial charge is 0.467 e. The molecule has 4 aromatic rings. The molecule has 1 atom stereocenters. The Kier molecular flexibility index (Phi) is 6.73. The average Bonchev–Trinajstić information content (AvgIpc) is 3.56. The maximum absolute atomic E-state index is 14.8. The zero-order chi connectivity index (χ0) is 27.1. The van der Waals surface area contributed by atoms with Crippen LogP contribution in [0.1, 0.15) is 11.1 Å². The molecule has 0 fully saturated rings. The van der Waals surface area contributed by atoms with Gasteiger partial charge in [-0.1, -0.05) is 82.5 Å². The van der Waals surface area contributed by atoms with Gasteiger partial charge in [-0.2, -0.15) is 0 Å². The van der Waals surface area contributed by atoms with Gasteiger partial charge in [0.1, 0.15) is 10.6 Å². The predicted octanol–water partition coefficient (Wildman–Crippen LogP) is 6.43. The number of hydrogen-bond acceptors (Lipinski definition) is 7. The predicted molar refractivity (Wildman–Crippen MR) is 147 cm³/mol. The van der Waals surface area contributed by atoms with Gasteiger partial charge in [0.25, 0.3) is 0 Å². The van der Waals surface area contributed by atoms with Gasteiger partial charge in [-0.25, -0.2) is 13.2 Å². The lowest BCUT2D eigenvalue weighted by atomic mass is 9.94. The minimum Gasteiger partial charge on any atom is -0.467 e. The Morgan fingerprint density at radius 2 is 1.42 bits per heavy atom. The number of aliphatic imine (C=N–C) groups is 1. The van der Waals surface area contributed by atoms with Crippen LogP contribution in [-0.4, -0.2) is 37.6 Å². The molecule has 1 unspecified atom stereocenters. The molecule has 1 aromatic heterocycles. The van der Waals surface area contributed by atoms with Gasteiger partial charge in [0.2, 0.25) is 14.6 Å². The second-order valence-electron chi connectivity index (χ2n) is 8.62. The van der Waals surface area contributed by atoms with Crippen LogP contribution in [0.15, 0.2) is 93.4 Å². The lowest BCUT2D eigenvalue weighted by Crippen LogP contribution is -2.48. The molecule has 0 radical (unpaired) electrons.